The van der Waals surface area contributed by atoms with Crippen LogP contribution in [0.25, 0.3) is 10.6 Å². The Morgan fingerprint density at radius 1 is 1.36 bits per heavy atom. The van der Waals surface area contributed by atoms with E-state index in [4.69, 9.17) is 20.2 Å². The molecule has 1 aromatic heterocycles. The van der Waals surface area contributed by atoms with Gasteiger partial charge in [-0.25, -0.2) is 4.98 Å². The normalized spacial score (nSPS) is 20.2. The third kappa shape index (κ3) is 4.11. The Morgan fingerprint density at radius 2 is 2.16 bits per heavy atom. The van der Waals surface area contributed by atoms with E-state index in [1.807, 2.05) is 18.2 Å². The van der Waals surface area contributed by atoms with Crippen molar-refractivity contribution in [3.05, 3.63) is 29.3 Å². The average molecular weight is 362 g/mol. The summed E-state index contributed by atoms with van der Waals surface area (Å²) in [6, 6.07) is 5.82. The maximum Gasteiger partial charge on any atom is 0.226 e. The number of ether oxygens (including phenoxy) is 2. The number of rotatable bonds is 6. The van der Waals surface area contributed by atoms with Crippen LogP contribution in [0.4, 0.5) is 0 Å². The zero-order valence-corrected chi connectivity index (χ0v) is 15.4. The summed E-state index contributed by atoms with van der Waals surface area (Å²) in [7, 11) is 3.25. The molecule has 1 unspecified atom stereocenters. The highest BCUT2D eigenvalue weighted by Gasteiger charge is 2.27. The van der Waals surface area contributed by atoms with Crippen molar-refractivity contribution in [1.82, 2.24) is 4.98 Å². The molecule has 0 spiro atoms. The van der Waals surface area contributed by atoms with Crippen molar-refractivity contribution in [3.8, 4) is 22.1 Å². The molecule has 1 fully saturated rings. The van der Waals surface area contributed by atoms with Gasteiger partial charge >= 0.3 is 0 Å². The van der Waals surface area contributed by atoms with Crippen LogP contribution in [-0.2, 0) is 11.3 Å². The number of hydrogen-bond acceptors (Lipinski definition) is 5. The van der Waals surface area contributed by atoms with Crippen molar-refractivity contribution >= 4 is 17.2 Å². The molecular weight excluding hydrogens is 338 g/mol. The van der Waals surface area contributed by atoms with Gasteiger partial charge in [0.05, 0.1) is 33.2 Å². The zero-order valence-electron chi connectivity index (χ0n) is 14.6. The molecule has 2 heterocycles. The van der Waals surface area contributed by atoms with E-state index in [1.54, 1.807) is 25.6 Å². The summed E-state index contributed by atoms with van der Waals surface area (Å²) in [4.78, 5) is 17.6. The lowest BCUT2D eigenvalue weighted by Crippen LogP contribution is -3.12. The van der Waals surface area contributed by atoms with E-state index in [9.17, 15) is 4.79 Å². The Morgan fingerprint density at radius 3 is 2.88 bits per heavy atom. The summed E-state index contributed by atoms with van der Waals surface area (Å²) in [6.07, 6.45) is 1.95. The average Bonchev–Trinajstić information content (AvgIpc) is 3.09. The maximum atomic E-state index is 11.4. The second-order valence-electron chi connectivity index (χ2n) is 6.34. The third-order valence-electron chi connectivity index (χ3n) is 4.63. The molecule has 0 aliphatic carbocycles. The monoisotopic (exact) mass is 362 g/mol. The molecule has 2 atom stereocenters. The topological polar surface area (TPSA) is 78.9 Å². The van der Waals surface area contributed by atoms with Crippen LogP contribution in [0.15, 0.2) is 23.6 Å². The second-order valence-corrected chi connectivity index (χ2v) is 7.19. The molecule has 25 heavy (non-hydrogen) atoms. The number of hydrogen-bond donors (Lipinski definition) is 2. The molecule has 1 aromatic carbocycles. The molecule has 7 heteroatoms. The van der Waals surface area contributed by atoms with Gasteiger partial charge in [-0.3, -0.25) is 4.79 Å². The van der Waals surface area contributed by atoms with Crippen molar-refractivity contribution in [1.29, 1.82) is 0 Å². The van der Waals surface area contributed by atoms with Crippen molar-refractivity contribution in [2.24, 2.45) is 11.7 Å². The summed E-state index contributed by atoms with van der Waals surface area (Å²) < 4.78 is 10.6. The number of likely N-dealkylation sites (tertiary alicyclic amines) is 1. The number of methoxy groups -OCH3 is 2. The van der Waals surface area contributed by atoms with Crippen LogP contribution in [0.1, 0.15) is 18.5 Å². The fourth-order valence-electron chi connectivity index (χ4n) is 3.30. The van der Waals surface area contributed by atoms with Crippen LogP contribution in [0.2, 0.25) is 0 Å². The quantitative estimate of drug-likeness (QED) is 0.807. The van der Waals surface area contributed by atoms with Gasteiger partial charge < -0.3 is 20.1 Å². The predicted molar refractivity (Wildman–Crippen MR) is 97.0 cm³/mol. The van der Waals surface area contributed by atoms with E-state index in [0.717, 1.165) is 48.7 Å². The van der Waals surface area contributed by atoms with Gasteiger partial charge in [0.1, 0.15) is 17.2 Å². The molecule has 6 nitrogen and oxygen atoms in total. The molecule has 1 aliphatic rings. The highest BCUT2D eigenvalue weighted by atomic mass is 32.1. The van der Waals surface area contributed by atoms with Crippen LogP contribution in [0.5, 0.6) is 11.5 Å². The van der Waals surface area contributed by atoms with Crippen LogP contribution in [0.3, 0.4) is 0 Å². The lowest BCUT2D eigenvalue weighted by atomic mass is 9.97. The minimum absolute atomic E-state index is 0.00675. The number of carbonyl (C=O) groups excluding carboxylic acids is 1. The molecule has 0 radical (unpaired) electrons. The van der Waals surface area contributed by atoms with Crippen LogP contribution >= 0.6 is 11.3 Å². The number of thiazole rings is 1. The lowest BCUT2D eigenvalue weighted by molar-refractivity contribution is -0.921. The van der Waals surface area contributed by atoms with Crippen molar-refractivity contribution in [2.45, 2.75) is 19.4 Å². The lowest BCUT2D eigenvalue weighted by Gasteiger charge is -2.27. The minimum Gasteiger partial charge on any atom is -0.493 e. The van der Waals surface area contributed by atoms with E-state index >= 15 is 0 Å². The smallest absolute Gasteiger partial charge is 0.226 e. The van der Waals surface area contributed by atoms with Gasteiger partial charge in [0.25, 0.3) is 0 Å². The number of carbonyl (C=O) groups is 1. The van der Waals surface area contributed by atoms with Gasteiger partial charge in [-0.15, -0.1) is 11.3 Å². The number of nitrogens with two attached hydrogens (primary N) is 1. The van der Waals surface area contributed by atoms with Gasteiger partial charge in [-0.1, -0.05) is 0 Å². The Balaban J connectivity index is 1.71. The fraction of sp³-hybridized carbons (Fsp3) is 0.444. The first-order valence-corrected chi connectivity index (χ1v) is 9.28. The molecule has 1 aliphatic heterocycles. The maximum absolute atomic E-state index is 11.4. The molecule has 1 saturated heterocycles. The van der Waals surface area contributed by atoms with Crippen LogP contribution in [0, 0.1) is 5.92 Å². The fourth-order valence-corrected chi connectivity index (χ4v) is 4.12. The SMILES string of the molecule is COc1ccc(-c2nc(C[NH+]3CCC[C@@H](C(N)=O)C3)cs2)cc1OC. The molecule has 3 rings (SSSR count). The molecule has 2 aromatic rings. The Labute approximate surface area is 151 Å². The number of amides is 1. The van der Waals surface area contributed by atoms with Gasteiger partial charge in [0.15, 0.2) is 11.5 Å². The predicted octanol–water partition coefficient (Wildman–Crippen LogP) is 1.11. The molecule has 0 bridgehead atoms. The summed E-state index contributed by atoms with van der Waals surface area (Å²) in [6.45, 7) is 2.69. The van der Waals surface area contributed by atoms with Crippen molar-refractivity contribution in [2.75, 3.05) is 27.3 Å². The van der Waals surface area contributed by atoms with Gasteiger partial charge in [-0.2, -0.15) is 0 Å². The number of nitrogens with one attached hydrogen (secondary N) is 1. The van der Waals surface area contributed by atoms with Crippen molar-refractivity contribution < 1.29 is 19.2 Å². The van der Waals surface area contributed by atoms with Gasteiger partial charge in [0, 0.05) is 10.9 Å². The van der Waals surface area contributed by atoms with Crippen LogP contribution in [-0.4, -0.2) is 38.2 Å². The molecule has 134 valence electrons. The van der Waals surface area contributed by atoms with E-state index in [2.05, 4.69) is 5.38 Å². The van der Waals surface area contributed by atoms with E-state index < -0.39 is 0 Å². The highest BCUT2D eigenvalue weighted by Crippen LogP contribution is 2.33. The molecule has 1 amide bonds. The largest absolute Gasteiger partial charge is 0.493 e. The number of nitrogens with zero attached hydrogens (tertiary/aromatic N) is 1. The van der Waals surface area contributed by atoms with E-state index in [0.29, 0.717) is 11.5 Å². The number of primary amides is 1. The summed E-state index contributed by atoms with van der Waals surface area (Å²) in [5.41, 5.74) is 7.53. The molecule has 0 saturated carbocycles. The summed E-state index contributed by atoms with van der Waals surface area (Å²) >= 11 is 1.62. The Hall–Kier alpha value is -2.12. The first kappa shape index (κ1) is 17.7. The molecular formula is C18H24N3O3S+. The minimum atomic E-state index is -0.179. The highest BCUT2D eigenvalue weighted by molar-refractivity contribution is 7.13. The standard InChI is InChI=1S/C18H23N3O3S/c1-23-15-6-5-12(8-16(15)24-2)18-20-14(11-25-18)10-21-7-3-4-13(9-21)17(19)22/h5-6,8,11,13H,3-4,7,9-10H2,1-2H3,(H2,19,22)/p+1/t13-/m1/s1. The number of aromatic nitrogens is 1. The summed E-state index contributed by atoms with van der Waals surface area (Å²) in [5.74, 6) is 1.22. The Kier molecular flexibility index (Phi) is 5.55. The van der Waals surface area contributed by atoms with Gasteiger partial charge in [0.2, 0.25) is 5.91 Å². The Bertz CT molecular complexity index is 747. The first-order chi connectivity index (χ1) is 12.1. The first-order valence-electron chi connectivity index (χ1n) is 8.40. The number of quaternary nitrogens is 1. The molecule has 3 N–H and O–H groups in total. The number of piperidine rings is 1. The van der Waals surface area contributed by atoms with Crippen LogP contribution < -0.4 is 20.1 Å². The third-order valence-corrected chi connectivity index (χ3v) is 5.57. The van der Waals surface area contributed by atoms with Crippen molar-refractivity contribution in [3.63, 3.8) is 0 Å². The van der Waals surface area contributed by atoms with Gasteiger partial charge in [-0.05, 0) is 31.0 Å². The summed E-state index contributed by atoms with van der Waals surface area (Å²) in [5, 5.41) is 3.05. The van der Waals surface area contributed by atoms with E-state index in [1.165, 1.54) is 4.90 Å². The zero-order chi connectivity index (χ0) is 17.8. The number of benzene rings is 1. The van der Waals surface area contributed by atoms with E-state index in [-0.39, 0.29) is 11.8 Å². The second kappa shape index (κ2) is 7.84.